The van der Waals surface area contributed by atoms with Gasteiger partial charge >= 0.3 is 0 Å². The lowest BCUT2D eigenvalue weighted by Gasteiger charge is -2.13. The Morgan fingerprint density at radius 3 is 2.51 bits per heavy atom. The summed E-state index contributed by atoms with van der Waals surface area (Å²) in [4.78, 5) is 30.7. The van der Waals surface area contributed by atoms with E-state index < -0.39 is 5.82 Å². The van der Waals surface area contributed by atoms with Crippen molar-refractivity contribution in [3.05, 3.63) is 92.7 Å². The van der Waals surface area contributed by atoms with Crippen LogP contribution in [-0.4, -0.2) is 25.8 Å². The van der Waals surface area contributed by atoms with Gasteiger partial charge < -0.3 is 14.2 Å². The summed E-state index contributed by atoms with van der Waals surface area (Å²) in [5.74, 6) is 0.605. The third kappa shape index (κ3) is 4.99. The predicted molar refractivity (Wildman–Crippen MR) is 133 cm³/mol. The number of amides is 1. The number of carbonyl (C=O) groups is 1. The highest BCUT2D eigenvalue weighted by molar-refractivity contribution is 7.99. The van der Waals surface area contributed by atoms with Crippen molar-refractivity contribution < 1.29 is 18.0 Å². The lowest BCUT2D eigenvalue weighted by Crippen LogP contribution is -2.26. The molecule has 4 heterocycles. The van der Waals surface area contributed by atoms with Gasteiger partial charge in [0.05, 0.1) is 37.1 Å². The van der Waals surface area contributed by atoms with E-state index in [9.17, 15) is 14.0 Å². The number of fused-ring (bicyclic) bond motifs is 1. The van der Waals surface area contributed by atoms with Crippen molar-refractivity contribution >= 4 is 51.6 Å². The van der Waals surface area contributed by atoms with Gasteiger partial charge in [0.25, 0.3) is 5.56 Å². The van der Waals surface area contributed by atoms with Gasteiger partial charge in [-0.2, -0.15) is 0 Å². The summed E-state index contributed by atoms with van der Waals surface area (Å²) >= 11 is 7.75. The summed E-state index contributed by atoms with van der Waals surface area (Å²) in [5.41, 5.74) is 0.480. The van der Waals surface area contributed by atoms with Crippen LogP contribution in [0.25, 0.3) is 16.0 Å². The number of aromatic nitrogens is 3. The molecule has 0 radical (unpaired) electrons. The Kier molecular flexibility index (Phi) is 6.66. The molecule has 0 saturated carbocycles. The summed E-state index contributed by atoms with van der Waals surface area (Å²) in [6, 6.07) is 12.6. The van der Waals surface area contributed by atoms with E-state index >= 15 is 0 Å². The maximum Gasteiger partial charge on any atom is 0.278 e. The number of thioether (sulfide) groups is 1. The Hall–Kier alpha value is -3.48. The topological polar surface area (TPSA) is 95.2 Å². The van der Waals surface area contributed by atoms with Crippen LogP contribution in [0.4, 0.5) is 4.39 Å². The molecule has 0 aliphatic rings. The van der Waals surface area contributed by atoms with E-state index in [1.165, 1.54) is 35.1 Å². The summed E-state index contributed by atoms with van der Waals surface area (Å²) in [7, 11) is 0. The lowest BCUT2D eigenvalue weighted by molar-refractivity contribution is -0.118. The normalized spacial score (nSPS) is 11.2. The molecule has 178 valence electrons. The highest BCUT2D eigenvalue weighted by Crippen LogP contribution is 2.26. The van der Waals surface area contributed by atoms with Crippen LogP contribution in [0.1, 0.15) is 11.5 Å². The van der Waals surface area contributed by atoms with Crippen LogP contribution in [0.2, 0.25) is 0 Å². The quantitative estimate of drug-likeness (QED) is 0.176. The Morgan fingerprint density at radius 1 is 1.11 bits per heavy atom. The van der Waals surface area contributed by atoms with E-state index in [1.54, 1.807) is 29.0 Å². The second-order valence-corrected chi connectivity index (χ2v) is 9.93. The fourth-order valence-corrected chi connectivity index (χ4v) is 5.46. The molecule has 1 aromatic carbocycles. The molecule has 0 unspecified atom stereocenters. The highest BCUT2D eigenvalue weighted by Gasteiger charge is 2.20. The number of halogens is 1. The molecule has 35 heavy (non-hydrogen) atoms. The standard InChI is InChI=1S/C23H17FN4O4S3/c24-14-5-7-15(8-6-14)28-21(30)19-20(27(23(33)35-19)12-17-4-2-10-32-17)26-22(28)34-13-18(29)25-11-16-3-1-9-31-16/h1-10H,11-13H2,(H,25,29). The van der Waals surface area contributed by atoms with Crippen LogP contribution in [-0.2, 0) is 17.9 Å². The summed E-state index contributed by atoms with van der Waals surface area (Å²) in [6.45, 7) is 0.559. The summed E-state index contributed by atoms with van der Waals surface area (Å²) in [5, 5.41) is 3.05. The average Bonchev–Trinajstić information content (AvgIpc) is 3.61. The molecule has 5 rings (SSSR count). The molecular weight excluding hydrogens is 511 g/mol. The van der Waals surface area contributed by atoms with E-state index in [0.29, 0.717) is 38.1 Å². The van der Waals surface area contributed by atoms with E-state index in [1.807, 2.05) is 6.07 Å². The number of hydrogen-bond acceptors (Lipinski definition) is 8. The molecule has 5 aromatic rings. The monoisotopic (exact) mass is 528 g/mol. The van der Waals surface area contributed by atoms with Crippen LogP contribution in [0.3, 0.4) is 0 Å². The number of furan rings is 2. The van der Waals surface area contributed by atoms with Gasteiger partial charge in [0, 0.05) is 0 Å². The van der Waals surface area contributed by atoms with Crippen LogP contribution in [0, 0.1) is 9.77 Å². The molecule has 0 aliphatic carbocycles. The minimum absolute atomic E-state index is 0.00288. The maximum absolute atomic E-state index is 13.6. The molecule has 4 aromatic heterocycles. The second-order valence-electron chi connectivity index (χ2n) is 7.34. The maximum atomic E-state index is 13.6. The average molecular weight is 529 g/mol. The molecule has 0 saturated heterocycles. The molecule has 0 aliphatic heterocycles. The molecule has 0 atom stereocenters. The first-order chi connectivity index (χ1) is 17.0. The van der Waals surface area contributed by atoms with E-state index in [4.69, 9.17) is 26.0 Å². The zero-order valence-electron chi connectivity index (χ0n) is 18.0. The highest BCUT2D eigenvalue weighted by atomic mass is 32.2. The number of carbonyl (C=O) groups excluding carboxylic acids is 1. The molecule has 0 fully saturated rings. The third-order valence-electron chi connectivity index (χ3n) is 5.01. The Labute approximate surface area is 211 Å². The molecule has 1 amide bonds. The second kappa shape index (κ2) is 10.0. The first-order valence-corrected chi connectivity index (χ1v) is 12.6. The molecule has 8 nitrogen and oxygen atoms in total. The van der Waals surface area contributed by atoms with Crippen LogP contribution in [0.5, 0.6) is 0 Å². The Bertz CT molecular complexity index is 1590. The van der Waals surface area contributed by atoms with Gasteiger partial charge in [0.1, 0.15) is 22.0 Å². The van der Waals surface area contributed by atoms with Gasteiger partial charge in [-0.1, -0.05) is 23.1 Å². The molecular formula is C23H17FN4O4S3. The SMILES string of the molecule is O=C(CSc1nc2c(sc(=S)n2Cc2ccco2)c(=O)n1-c1ccc(F)cc1)NCc1ccco1. The minimum Gasteiger partial charge on any atom is -0.467 e. The van der Waals surface area contributed by atoms with Crippen molar-refractivity contribution in [2.24, 2.45) is 0 Å². The van der Waals surface area contributed by atoms with Crippen molar-refractivity contribution in [2.45, 2.75) is 18.2 Å². The lowest BCUT2D eigenvalue weighted by atomic mass is 10.3. The van der Waals surface area contributed by atoms with Crippen LogP contribution < -0.4 is 10.9 Å². The van der Waals surface area contributed by atoms with Gasteiger partial charge in [-0.05, 0) is 60.7 Å². The van der Waals surface area contributed by atoms with Crippen molar-refractivity contribution in [1.29, 1.82) is 0 Å². The van der Waals surface area contributed by atoms with E-state index in [0.717, 1.165) is 23.1 Å². The molecule has 1 N–H and O–H groups in total. The number of rotatable bonds is 8. The van der Waals surface area contributed by atoms with Crippen molar-refractivity contribution in [3.63, 3.8) is 0 Å². The third-order valence-corrected chi connectivity index (χ3v) is 7.38. The van der Waals surface area contributed by atoms with Gasteiger partial charge in [0.15, 0.2) is 14.8 Å². The number of thiazole rings is 1. The Balaban J connectivity index is 1.52. The fraction of sp³-hybridized carbons (Fsp3) is 0.130. The van der Waals surface area contributed by atoms with Gasteiger partial charge in [-0.15, -0.1) is 0 Å². The number of benzene rings is 1. The number of hydrogen-bond donors (Lipinski definition) is 1. The molecule has 12 heteroatoms. The van der Waals surface area contributed by atoms with Crippen LogP contribution in [0.15, 0.2) is 79.8 Å². The van der Waals surface area contributed by atoms with Crippen molar-refractivity contribution in [2.75, 3.05) is 5.75 Å². The van der Waals surface area contributed by atoms with Crippen molar-refractivity contribution in [3.8, 4) is 5.69 Å². The van der Waals surface area contributed by atoms with E-state index in [-0.39, 0.29) is 28.9 Å². The summed E-state index contributed by atoms with van der Waals surface area (Å²) < 4.78 is 28.1. The summed E-state index contributed by atoms with van der Waals surface area (Å²) in [6.07, 6.45) is 3.09. The van der Waals surface area contributed by atoms with E-state index in [2.05, 4.69) is 5.32 Å². The van der Waals surface area contributed by atoms with Gasteiger partial charge in [0.2, 0.25) is 5.91 Å². The zero-order valence-corrected chi connectivity index (χ0v) is 20.4. The smallest absolute Gasteiger partial charge is 0.278 e. The number of nitrogens with zero attached hydrogens (tertiary/aromatic N) is 3. The first-order valence-electron chi connectivity index (χ1n) is 10.4. The predicted octanol–water partition coefficient (Wildman–Crippen LogP) is 4.76. The fourth-order valence-electron chi connectivity index (χ4n) is 3.37. The number of nitrogens with one attached hydrogen (secondary N) is 1. The molecule has 0 spiro atoms. The molecule has 0 bridgehead atoms. The largest absolute Gasteiger partial charge is 0.467 e. The van der Waals surface area contributed by atoms with Crippen molar-refractivity contribution in [1.82, 2.24) is 19.4 Å². The van der Waals surface area contributed by atoms with Gasteiger partial charge in [-0.3, -0.25) is 18.7 Å². The Morgan fingerprint density at radius 2 is 1.83 bits per heavy atom. The van der Waals surface area contributed by atoms with Crippen LogP contribution >= 0.6 is 35.3 Å². The van der Waals surface area contributed by atoms with Gasteiger partial charge in [-0.25, -0.2) is 9.37 Å². The zero-order chi connectivity index (χ0) is 24.4. The first kappa shape index (κ1) is 23.3. The minimum atomic E-state index is -0.428.